The van der Waals surface area contributed by atoms with Crippen molar-refractivity contribution in [1.82, 2.24) is 4.72 Å². The molecule has 0 aliphatic rings. The van der Waals surface area contributed by atoms with Crippen LogP contribution in [-0.2, 0) is 9.92 Å². The SMILES string of the molecule is CCCN=S(=O)(NC(CC)CC)c1ccc(N)cc1. The molecule has 4 nitrogen and oxygen atoms in total. The predicted octanol–water partition coefficient (Wildman–Crippen LogP) is 3.20. The lowest BCUT2D eigenvalue weighted by Crippen LogP contribution is -2.34. The van der Waals surface area contributed by atoms with Gasteiger partial charge in [0.1, 0.15) is 9.92 Å². The normalized spacial score (nSPS) is 14.3. The van der Waals surface area contributed by atoms with Gasteiger partial charge in [0.25, 0.3) is 0 Å². The summed E-state index contributed by atoms with van der Waals surface area (Å²) in [5.41, 5.74) is 6.35. The first-order valence-corrected chi connectivity index (χ1v) is 8.43. The van der Waals surface area contributed by atoms with Crippen molar-refractivity contribution in [2.75, 3.05) is 12.3 Å². The fourth-order valence-electron chi connectivity index (χ4n) is 1.73. The van der Waals surface area contributed by atoms with Crippen molar-refractivity contribution in [2.24, 2.45) is 4.36 Å². The third-order valence-corrected chi connectivity index (χ3v) is 5.12. The first kappa shape index (κ1) is 16.0. The van der Waals surface area contributed by atoms with Crippen LogP contribution in [0.1, 0.15) is 40.0 Å². The van der Waals surface area contributed by atoms with Crippen molar-refractivity contribution in [1.29, 1.82) is 0 Å². The molecule has 0 heterocycles. The molecule has 0 amide bonds. The number of hydrogen-bond donors (Lipinski definition) is 2. The number of rotatable bonds is 7. The van der Waals surface area contributed by atoms with E-state index < -0.39 is 9.92 Å². The molecule has 1 aromatic rings. The zero-order chi connectivity index (χ0) is 14.3. The zero-order valence-electron chi connectivity index (χ0n) is 12.1. The minimum absolute atomic E-state index is 0.214. The molecule has 0 radical (unpaired) electrons. The van der Waals surface area contributed by atoms with Crippen LogP contribution >= 0.6 is 0 Å². The maximum Gasteiger partial charge on any atom is 0.137 e. The Morgan fingerprint density at radius 1 is 1.21 bits per heavy atom. The first-order valence-electron chi connectivity index (χ1n) is 6.91. The van der Waals surface area contributed by atoms with Crippen molar-refractivity contribution in [2.45, 2.75) is 51.0 Å². The van der Waals surface area contributed by atoms with Gasteiger partial charge in [-0.1, -0.05) is 20.8 Å². The van der Waals surface area contributed by atoms with Crippen molar-refractivity contribution in [3.8, 4) is 0 Å². The summed E-state index contributed by atoms with van der Waals surface area (Å²) in [5, 5.41) is 0. The smallest absolute Gasteiger partial charge is 0.137 e. The molecule has 0 aromatic heterocycles. The number of benzene rings is 1. The van der Waals surface area contributed by atoms with E-state index in [4.69, 9.17) is 5.73 Å². The molecule has 1 rings (SSSR count). The highest BCUT2D eigenvalue weighted by atomic mass is 32.2. The van der Waals surface area contributed by atoms with E-state index in [-0.39, 0.29) is 6.04 Å². The highest BCUT2D eigenvalue weighted by molar-refractivity contribution is 7.91. The Labute approximate surface area is 117 Å². The summed E-state index contributed by atoms with van der Waals surface area (Å²) in [6, 6.07) is 7.35. The second-order valence-electron chi connectivity index (χ2n) is 4.58. The van der Waals surface area contributed by atoms with Gasteiger partial charge in [0.2, 0.25) is 0 Å². The van der Waals surface area contributed by atoms with E-state index in [1.165, 1.54) is 0 Å². The monoisotopic (exact) mass is 283 g/mol. The van der Waals surface area contributed by atoms with Gasteiger partial charge in [0.15, 0.2) is 0 Å². The molecule has 108 valence electrons. The lowest BCUT2D eigenvalue weighted by molar-refractivity contribution is 0.566. The topological polar surface area (TPSA) is 67.5 Å². The molecule has 0 bridgehead atoms. The number of nitrogens with zero attached hydrogens (tertiary/aromatic N) is 1. The molecule has 0 spiro atoms. The average Bonchev–Trinajstić information content (AvgIpc) is 2.43. The highest BCUT2D eigenvalue weighted by Crippen LogP contribution is 2.16. The van der Waals surface area contributed by atoms with Gasteiger partial charge in [-0.25, -0.2) is 13.3 Å². The van der Waals surface area contributed by atoms with Gasteiger partial charge >= 0.3 is 0 Å². The molecule has 0 saturated heterocycles. The maximum atomic E-state index is 13.1. The van der Waals surface area contributed by atoms with Crippen LogP contribution in [0.25, 0.3) is 0 Å². The van der Waals surface area contributed by atoms with Crippen LogP contribution < -0.4 is 10.5 Å². The van der Waals surface area contributed by atoms with E-state index in [1.54, 1.807) is 24.3 Å². The molecule has 5 heteroatoms. The number of anilines is 1. The molecular formula is C14H25N3OS. The fourth-order valence-corrected chi connectivity index (χ4v) is 3.82. The Balaban J connectivity index is 3.13. The number of nitrogens with one attached hydrogen (secondary N) is 1. The van der Waals surface area contributed by atoms with Gasteiger partial charge in [-0.15, -0.1) is 0 Å². The highest BCUT2D eigenvalue weighted by Gasteiger charge is 2.16. The average molecular weight is 283 g/mol. The van der Waals surface area contributed by atoms with E-state index in [0.29, 0.717) is 17.1 Å². The van der Waals surface area contributed by atoms with E-state index >= 15 is 0 Å². The molecule has 0 fully saturated rings. The molecule has 0 saturated carbocycles. The van der Waals surface area contributed by atoms with Crippen molar-refractivity contribution >= 4 is 15.6 Å². The van der Waals surface area contributed by atoms with Crippen molar-refractivity contribution < 1.29 is 4.21 Å². The first-order chi connectivity index (χ1) is 9.05. The zero-order valence-corrected chi connectivity index (χ0v) is 12.9. The van der Waals surface area contributed by atoms with Crippen LogP contribution in [-0.4, -0.2) is 16.8 Å². The Kier molecular flexibility index (Phi) is 6.31. The van der Waals surface area contributed by atoms with Crippen LogP contribution in [0, 0.1) is 0 Å². The molecule has 19 heavy (non-hydrogen) atoms. The quantitative estimate of drug-likeness (QED) is 0.755. The van der Waals surface area contributed by atoms with Crippen LogP contribution in [0.5, 0.6) is 0 Å². The third-order valence-electron chi connectivity index (χ3n) is 3.01. The summed E-state index contributed by atoms with van der Waals surface area (Å²) in [6.45, 7) is 6.80. The van der Waals surface area contributed by atoms with Crippen LogP contribution in [0.2, 0.25) is 0 Å². The van der Waals surface area contributed by atoms with E-state index in [9.17, 15) is 4.21 Å². The minimum atomic E-state index is -2.55. The molecule has 1 atom stereocenters. The standard InChI is InChI=1S/C14H25N3OS/c1-4-11-16-19(18,17-13(5-2)6-3)14-9-7-12(15)8-10-14/h7-10,13H,4-6,11,15H2,1-3H3,(H,16,17,18). The van der Waals surface area contributed by atoms with Crippen molar-refractivity contribution in [3.63, 3.8) is 0 Å². The summed E-state index contributed by atoms with van der Waals surface area (Å²) in [7, 11) is -2.55. The Hall–Kier alpha value is -1.07. The third kappa shape index (κ3) is 4.51. The Morgan fingerprint density at radius 2 is 1.79 bits per heavy atom. The van der Waals surface area contributed by atoms with Gasteiger partial charge < -0.3 is 5.73 Å². The summed E-state index contributed by atoms with van der Waals surface area (Å²) in [4.78, 5) is 0.710. The van der Waals surface area contributed by atoms with Crippen LogP contribution in [0.15, 0.2) is 33.5 Å². The van der Waals surface area contributed by atoms with E-state index in [2.05, 4.69) is 22.9 Å². The molecular weight excluding hydrogens is 258 g/mol. The second-order valence-corrected chi connectivity index (χ2v) is 6.60. The molecule has 1 unspecified atom stereocenters. The van der Waals surface area contributed by atoms with Gasteiger partial charge in [0.05, 0.1) is 4.90 Å². The number of nitrogens with two attached hydrogens (primary N) is 1. The molecule has 0 aliphatic carbocycles. The van der Waals surface area contributed by atoms with Crippen LogP contribution in [0.4, 0.5) is 5.69 Å². The van der Waals surface area contributed by atoms with Gasteiger partial charge in [0, 0.05) is 18.3 Å². The maximum absolute atomic E-state index is 13.1. The molecule has 1 aromatic carbocycles. The van der Waals surface area contributed by atoms with Gasteiger partial charge in [-0.3, -0.25) is 0 Å². The van der Waals surface area contributed by atoms with E-state index in [1.807, 2.05) is 6.92 Å². The van der Waals surface area contributed by atoms with Crippen LogP contribution in [0.3, 0.4) is 0 Å². The number of nitrogen functional groups attached to an aromatic ring is 1. The van der Waals surface area contributed by atoms with E-state index in [0.717, 1.165) is 19.3 Å². The summed E-state index contributed by atoms with van der Waals surface area (Å²) >= 11 is 0. The predicted molar refractivity (Wildman–Crippen MR) is 82.4 cm³/mol. The largest absolute Gasteiger partial charge is 0.399 e. The molecule has 0 aliphatic heterocycles. The lowest BCUT2D eigenvalue weighted by atomic mass is 10.2. The Morgan fingerprint density at radius 3 is 2.26 bits per heavy atom. The lowest BCUT2D eigenvalue weighted by Gasteiger charge is -2.19. The summed E-state index contributed by atoms with van der Waals surface area (Å²) in [6.07, 6.45) is 2.75. The second kappa shape index (κ2) is 7.50. The summed E-state index contributed by atoms with van der Waals surface area (Å²) < 4.78 is 20.7. The van der Waals surface area contributed by atoms with Crippen molar-refractivity contribution in [3.05, 3.63) is 24.3 Å². The van der Waals surface area contributed by atoms with Gasteiger partial charge in [-0.2, -0.15) is 0 Å². The Bertz CT molecular complexity index is 486. The van der Waals surface area contributed by atoms with Gasteiger partial charge in [-0.05, 0) is 43.5 Å². The minimum Gasteiger partial charge on any atom is -0.399 e. The summed E-state index contributed by atoms with van der Waals surface area (Å²) in [5.74, 6) is 0. The number of hydrogen-bond acceptors (Lipinski definition) is 3. The molecule has 3 N–H and O–H groups in total. The fraction of sp³-hybridized carbons (Fsp3) is 0.571.